The minimum absolute atomic E-state index is 0.620. The third kappa shape index (κ3) is 3.78. The van der Waals surface area contributed by atoms with Crippen molar-refractivity contribution in [2.45, 2.75) is 19.4 Å². The second-order valence-corrected chi connectivity index (χ2v) is 4.44. The van der Waals surface area contributed by atoms with Crippen LogP contribution in [0.25, 0.3) is 0 Å². The Morgan fingerprint density at radius 2 is 2.50 bits per heavy atom. The number of hydrogen-bond acceptors (Lipinski definition) is 3. The van der Waals surface area contributed by atoms with Gasteiger partial charge in [-0.15, -0.1) is 0 Å². The maximum atomic E-state index is 5.28. The molecule has 0 aromatic heterocycles. The number of hydrogen-bond donors (Lipinski definition) is 1. The van der Waals surface area contributed by atoms with Crippen molar-refractivity contribution in [1.82, 2.24) is 5.32 Å². The quantitative estimate of drug-likeness (QED) is 0.705. The van der Waals surface area contributed by atoms with E-state index in [-0.39, 0.29) is 0 Å². The Morgan fingerprint density at radius 1 is 1.67 bits per heavy atom. The van der Waals surface area contributed by atoms with Gasteiger partial charge in [-0.05, 0) is 30.9 Å². The summed E-state index contributed by atoms with van der Waals surface area (Å²) in [5.41, 5.74) is 0. The molecule has 1 saturated heterocycles. The van der Waals surface area contributed by atoms with Crippen LogP contribution >= 0.6 is 11.8 Å². The van der Waals surface area contributed by atoms with E-state index in [1.165, 1.54) is 12.2 Å². The monoisotopic (exact) mass is 189 g/mol. The van der Waals surface area contributed by atoms with Crippen LogP contribution in [-0.2, 0) is 4.74 Å². The third-order valence-electron chi connectivity index (χ3n) is 2.14. The number of nitrogens with one attached hydrogen (secondary N) is 1. The van der Waals surface area contributed by atoms with Crippen molar-refractivity contribution in [3.63, 3.8) is 0 Å². The summed E-state index contributed by atoms with van der Waals surface area (Å²) in [6, 6.07) is 0.620. The highest BCUT2D eigenvalue weighted by Crippen LogP contribution is 2.06. The van der Waals surface area contributed by atoms with E-state index >= 15 is 0 Å². The summed E-state index contributed by atoms with van der Waals surface area (Å²) in [5.74, 6) is 2.03. The molecule has 0 spiro atoms. The topological polar surface area (TPSA) is 21.3 Å². The Balaban J connectivity index is 1.99. The summed E-state index contributed by atoms with van der Waals surface area (Å²) >= 11 is 1.92. The molecule has 0 radical (unpaired) electrons. The molecular formula is C9H19NOS. The van der Waals surface area contributed by atoms with E-state index in [1.807, 2.05) is 11.8 Å². The lowest BCUT2D eigenvalue weighted by atomic mass is 10.2. The fraction of sp³-hybridized carbons (Fsp3) is 1.00. The Labute approximate surface area is 79.4 Å². The lowest BCUT2D eigenvalue weighted by Crippen LogP contribution is -2.33. The van der Waals surface area contributed by atoms with Crippen LogP contribution in [0.15, 0.2) is 0 Å². The molecule has 2 atom stereocenters. The Hall–Kier alpha value is 0.270. The van der Waals surface area contributed by atoms with Gasteiger partial charge in [-0.1, -0.05) is 6.92 Å². The molecule has 3 heteroatoms. The highest BCUT2D eigenvalue weighted by Gasteiger charge is 2.15. The van der Waals surface area contributed by atoms with Gasteiger partial charge in [0.05, 0.1) is 6.61 Å². The van der Waals surface area contributed by atoms with Crippen LogP contribution in [0.3, 0.4) is 0 Å². The van der Waals surface area contributed by atoms with E-state index in [4.69, 9.17) is 4.74 Å². The Kier molecular flexibility index (Phi) is 5.04. The van der Waals surface area contributed by atoms with Crippen molar-refractivity contribution in [2.75, 3.05) is 31.8 Å². The number of ether oxygens (including phenoxy) is 1. The zero-order valence-electron chi connectivity index (χ0n) is 8.01. The molecule has 72 valence electrons. The average Bonchev–Trinajstić information content (AvgIpc) is 2.53. The molecule has 0 amide bonds. The molecule has 0 aromatic rings. The largest absolute Gasteiger partial charge is 0.380 e. The molecule has 2 unspecified atom stereocenters. The highest BCUT2D eigenvalue weighted by molar-refractivity contribution is 7.98. The first kappa shape index (κ1) is 10.4. The lowest BCUT2D eigenvalue weighted by molar-refractivity contribution is 0.189. The van der Waals surface area contributed by atoms with Crippen molar-refractivity contribution in [3.8, 4) is 0 Å². The fourth-order valence-electron chi connectivity index (χ4n) is 1.41. The predicted octanol–water partition coefficient (Wildman–Crippen LogP) is 1.36. The van der Waals surface area contributed by atoms with E-state index in [9.17, 15) is 0 Å². The third-order valence-corrected chi connectivity index (χ3v) is 3.04. The first-order valence-electron chi connectivity index (χ1n) is 4.63. The minimum Gasteiger partial charge on any atom is -0.380 e. The van der Waals surface area contributed by atoms with Gasteiger partial charge in [-0.2, -0.15) is 11.8 Å². The summed E-state index contributed by atoms with van der Waals surface area (Å²) in [7, 11) is 0. The van der Waals surface area contributed by atoms with Crippen LogP contribution in [0.1, 0.15) is 13.3 Å². The van der Waals surface area contributed by atoms with Crippen molar-refractivity contribution >= 4 is 11.8 Å². The van der Waals surface area contributed by atoms with Crippen molar-refractivity contribution in [2.24, 2.45) is 5.92 Å². The smallest absolute Gasteiger partial charge is 0.0620 e. The average molecular weight is 189 g/mol. The predicted molar refractivity (Wildman–Crippen MR) is 54.8 cm³/mol. The molecule has 0 aromatic carbocycles. The van der Waals surface area contributed by atoms with Gasteiger partial charge in [0, 0.05) is 12.6 Å². The van der Waals surface area contributed by atoms with Gasteiger partial charge in [0.1, 0.15) is 0 Å². The zero-order chi connectivity index (χ0) is 8.81. The SMILES string of the molecule is CSCC(C)CNC1CCOC1. The fourth-order valence-corrected chi connectivity index (χ4v) is 2.09. The molecule has 1 aliphatic rings. The normalized spacial score (nSPS) is 26.0. The van der Waals surface area contributed by atoms with E-state index < -0.39 is 0 Å². The molecule has 1 N–H and O–H groups in total. The Bertz CT molecular complexity index is 115. The van der Waals surface area contributed by atoms with Crippen LogP contribution in [0.5, 0.6) is 0 Å². The molecule has 0 bridgehead atoms. The molecule has 1 heterocycles. The summed E-state index contributed by atoms with van der Waals surface area (Å²) in [5, 5.41) is 3.53. The van der Waals surface area contributed by atoms with Crippen LogP contribution in [0.4, 0.5) is 0 Å². The van der Waals surface area contributed by atoms with Crippen LogP contribution in [0.2, 0.25) is 0 Å². The lowest BCUT2D eigenvalue weighted by Gasteiger charge is -2.14. The summed E-state index contributed by atoms with van der Waals surface area (Å²) < 4.78 is 5.28. The molecule has 12 heavy (non-hydrogen) atoms. The van der Waals surface area contributed by atoms with E-state index in [0.717, 1.165) is 25.7 Å². The molecule has 0 aliphatic carbocycles. The molecule has 0 saturated carbocycles. The van der Waals surface area contributed by atoms with Gasteiger partial charge in [0.2, 0.25) is 0 Å². The van der Waals surface area contributed by atoms with E-state index in [2.05, 4.69) is 18.5 Å². The van der Waals surface area contributed by atoms with Crippen molar-refractivity contribution < 1.29 is 4.74 Å². The second kappa shape index (κ2) is 5.84. The van der Waals surface area contributed by atoms with Gasteiger partial charge in [-0.25, -0.2) is 0 Å². The second-order valence-electron chi connectivity index (χ2n) is 3.53. The summed E-state index contributed by atoms with van der Waals surface area (Å²) in [6.07, 6.45) is 3.35. The molecule has 1 aliphatic heterocycles. The Morgan fingerprint density at radius 3 is 3.08 bits per heavy atom. The van der Waals surface area contributed by atoms with Gasteiger partial charge in [0.15, 0.2) is 0 Å². The standard InChI is InChI=1S/C9H19NOS/c1-8(7-12-2)5-10-9-3-4-11-6-9/h8-10H,3-7H2,1-2H3. The number of rotatable bonds is 5. The van der Waals surface area contributed by atoms with E-state index in [0.29, 0.717) is 6.04 Å². The van der Waals surface area contributed by atoms with Gasteiger partial charge in [-0.3, -0.25) is 0 Å². The van der Waals surface area contributed by atoms with Gasteiger partial charge in [0.25, 0.3) is 0 Å². The van der Waals surface area contributed by atoms with Crippen molar-refractivity contribution in [1.29, 1.82) is 0 Å². The van der Waals surface area contributed by atoms with Gasteiger partial charge >= 0.3 is 0 Å². The van der Waals surface area contributed by atoms with Crippen LogP contribution < -0.4 is 5.32 Å². The van der Waals surface area contributed by atoms with Crippen LogP contribution in [0, 0.1) is 5.92 Å². The van der Waals surface area contributed by atoms with Crippen molar-refractivity contribution in [3.05, 3.63) is 0 Å². The first-order chi connectivity index (χ1) is 5.83. The molecule has 2 nitrogen and oxygen atoms in total. The summed E-state index contributed by atoms with van der Waals surface area (Å²) in [6.45, 7) is 5.27. The van der Waals surface area contributed by atoms with E-state index in [1.54, 1.807) is 0 Å². The molecule has 1 rings (SSSR count). The highest BCUT2D eigenvalue weighted by atomic mass is 32.2. The first-order valence-corrected chi connectivity index (χ1v) is 6.02. The molecular weight excluding hydrogens is 170 g/mol. The number of thioether (sulfide) groups is 1. The maximum absolute atomic E-state index is 5.28. The molecule has 1 fully saturated rings. The van der Waals surface area contributed by atoms with Gasteiger partial charge < -0.3 is 10.1 Å². The minimum atomic E-state index is 0.620. The van der Waals surface area contributed by atoms with Crippen LogP contribution in [-0.4, -0.2) is 37.8 Å². The zero-order valence-corrected chi connectivity index (χ0v) is 8.82. The maximum Gasteiger partial charge on any atom is 0.0620 e. The summed E-state index contributed by atoms with van der Waals surface area (Å²) in [4.78, 5) is 0.